The Morgan fingerprint density at radius 3 is 3.00 bits per heavy atom. The van der Waals surface area contributed by atoms with Crippen LogP contribution in [0.4, 0.5) is 5.69 Å². The van der Waals surface area contributed by atoms with Crippen molar-refractivity contribution in [1.29, 1.82) is 0 Å². The monoisotopic (exact) mass is 258 g/mol. The zero-order valence-corrected chi connectivity index (χ0v) is 10.6. The summed E-state index contributed by atoms with van der Waals surface area (Å²) < 4.78 is 1.84. The van der Waals surface area contributed by atoms with E-state index in [-0.39, 0.29) is 10.6 Å². The molecule has 0 saturated carbocycles. The summed E-state index contributed by atoms with van der Waals surface area (Å²) in [5.41, 5.74) is 3.65. The number of benzene rings is 1. The van der Waals surface area contributed by atoms with Crippen molar-refractivity contribution >= 4 is 5.69 Å². The van der Waals surface area contributed by atoms with E-state index in [9.17, 15) is 10.1 Å². The highest BCUT2D eigenvalue weighted by Gasteiger charge is 2.24. The Bertz CT molecular complexity index is 648. The van der Waals surface area contributed by atoms with E-state index < -0.39 is 0 Å². The molecule has 0 atom stereocenters. The zero-order valence-electron chi connectivity index (χ0n) is 10.6. The van der Waals surface area contributed by atoms with Crippen LogP contribution in [0.1, 0.15) is 11.3 Å². The summed E-state index contributed by atoms with van der Waals surface area (Å²) in [6.45, 7) is 1.63. The SMILES string of the molecule is Cn1nc(-c2ccccc2[N+](=O)[O-])c2c1CCNC2. The normalized spacial score (nSPS) is 14.2. The molecule has 1 aliphatic rings. The molecule has 0 spiro atoms. The van der Waals surface area contributed by atoms with Gasteiger partial charge in [-0.15, -0.1) is 0 Å². The lowest BCUT2D eigenvalue weighted by molar-refractivity contribution is -0.384. The van der Waals surface area contributed by atoms with Gasteiger partial charge in [0.15, 0.2) is 0 Å². The van der Waals surface area contributed by atoms with Crippen molar-refractivity contribution in [3.8, 4) is 11.3 Å². The van der Waals surface area contributed by atoms with Crippen molar-refractivity contribution in [2.75, 3.05) is 6.54 Å². The third kappa shape index (κ3) is 1.90. The van der Waals surface area contributed by atoms with Crippen LogP contribution in [0.2, 0.25) is 0 Å². The highest BCUT2D eigenvalue weighted by molar-refractivity contribution is 5.73. The van der Waals surface area contributed by atoms with Gasteiger partial charge in [0.2, 0.25) is 0 Å². The molecule has 0 aliphatic carbocycles. The third-order valence-corrected chi connectivity index (χ3v) is 3.47. The minimum absolute atomic E-state index is 0.106. The smallest absolute Gasteiger partial charge is 0.278 e. The van der Waals surface area contributed by atoms with Crippen LogP contribution in [0.25, 0.3) is 11.3 Å². The van der Waals surface area contributed by atoms with Gasteiger partial charge in [-0.3, -0.25) is 14.8 Å². The second kappa shape index (κ2) is 4.47. The summed E-state index contributed by atoms with van der Waals surface area (Å²) in [6.07, 6.45) is 0.902. The van der Waals surface area contributed by atoms with E-state index in [0.717, 1.165) is 29.9 Å². The van der Waals surface area contributed by atoms with Gasteiger partial charge < -0.3 is 5.32 Å². The molecular weight excluding hydrogens is 244 g/mol. The minimum Gasteiger partial charge on any atom is -0.312 e. The molecule has 0 unspecified atom stereocenters. The minimum atomic E-state index is -0.355. The first-order chi connectivity index (χ1) is 9.18. The second-order valence-corrected chi connectivity index (χ2v) is 4.60. The number of aryl methyl sites for hydroxylation is 1. The van der Waals surface area contributed by atoms with E-state index in [4.69, 9.17) is 0 Å². The quantitative estimate of drug-likeness (QED) is 0.656. The summed E-state index contributed by atoms with van der Waals surface area (Å²) in [6, 6.07) is 6.76. The van der Waals surface area contributed by atoms with Crippen LogP contribution < -0.4 is 5.32 Å². The van der Waals surface area contributed by atoms with Crippen molar-refractivity contribution < 1.29 is 4.92 Å². The van der Waals surface area contributed by atoms with Crippen molar-refractivity contribution in [2.24, 2.45) is 7.05 Å². The molecule has 0 saturated heterocycles. The van der Waals surface area contributed by atoms with Crippen molar-refractivity contribution in [3.05, 3.63) is 45.6 Å². The molecule has 0 bridgehead atoms. The van der Waals surface area contributed by atoms with Crippen molar-refractivity contribution in [2.45, 2.75) is 13.0 Å². The van der Waals surface area contributed by atoms with Crippen molar-refractivity contribution in [1.82, 2.24) is 15.1 Å². The van der Waals surface area contributed by atoms with E-state index in [1.165, 1.54) is 6.07 Å². The Kier molecular flexibility index (Phi) is 2.79. The first-order valence-electron chi connectivity index (χ1n) is 6.17. The lowest BCUT2D eigenvalue weighted by atomic mass is 10.0. The van der Waals surface area contributed by atoms with Crippen LogP contribution in [0.5, 0.6) is 0 Å². The number of para-hydroxylation sites is 1. The van der Waals surface area contributed by atoms with Crippen LogP contribution in [0, 0.1) is 10.1 Å². The van der Waals surface area contributed by atoms with Crippen molar-refractivity contribution in [3.63, 3.8) is 0 Å². The molecule has 1 aliphatic heterocycles. The van der Waals surface area contributed by atoms with Gasteiger partial charge in [-0.1, -0.05) is 12.1 Å². The molecule has 0 radical (unpaired) electrons. The molecule has 1 aromatic carbocycles. The predicted octanol–water partition coefficient (Wildman–Crippen LogP) is 1.64. The number of nitro groups is 1. The zero-order chi connectivity index (χ0) is 13.4. The van der Waals surface area contributed by atoms with Crippen LogP contribution in [0.15, 0.2) is 24.3 Å². The second-order valence-electron chi connectivity index (χ2n) is 4.60. The van der Waals surface area contributed by atoms with E-state index in [2.05, 4.69) is 10.4 Å². The summed E-state index contributed by atoms with van der Waals surface area (Å²) >= 11 is 0. The highest BCUT2D eigenvalue weighted by Crippen LogP contribution is 2.33. The number of hydrogen-bond donors (Lipinski definition) is 1. The lowest BCUT2D eigenvalue weighted by Gasteiger charge is -2.14. The lowest BCUT2D eigenvalue weighted by Crippen LogP contribution is -2.24. The standard InChI is InChI=1S/C13H14N4O2/c1-16-11-6-7-14-8-10(11)13(15-16)9-4-2-3-5-12(9)17(18)19/h2-5,14H,6-8H2,1H3. The number of nitrogens with one attached hydrogen (secondary N) is 1. The molecule has 2 heterocycles. The van der Waals surface area contributed by atoms with Gasteiger partial charge in [-0.2, -0.15) is 5.10 Å². The molecule has 3 rings (SSSR count). The predicted molar refractivity (Wildman–Crippen MR) is 70.7 cm³/mol. The summed E-state index contributed by atoms with van der Waals surface area (Å²) in [4.78, 5) is 10.8. The van der Waals surface area contributed by atoms with Crippen LogP contribution in [-0.4, -0.2) is 21.2 Å². The molecule has 0 amide bonds. The molecule has 98 valence electrons. The Morgan fingerprint density at radius 1 is 1.42 bits per heavy atom. The number of nitrogens with zero attached hydrogens (tertiary/aromatic N) is 3. The Hall–Kier alpha value is -2.21. The number of rotatable bonds is 2. The first-order valence-corrected chi connectivity index (χ1v) is 6.17. The van der Waals surface area contributed by atoms with E-state index in [0.29, 0.717) is 12.1 Å². The third-order valence-electron chi connectivity index (χ3n) is 3.47. The fourth-order valence-electron chi connectivity index (χ4n) is 2.57. The molecule has 19 heavy (non-hydrogen) atoms. The van der Waals surface area contributed by atoms with Gasteiger partial charge in [0, 0.05) is 43.9 Å². The van der Waals surface area contributed by atoms with Crippen LogP contribution in [0.3, 0.4) is 0 Å². The largest absolute Gasteiger partial charge is 0.312 e. The molecule has 6 nitrogen and oxygen atoms in total. The maximum absolute atomic E-state index is 11.1. The number of aromatic nitrogens is 2. The molecule has 0 fully saturated rings. The summed E-state index contributed by atoms with van der Waals surface area (Å²) in [5.74, 6) is 0. The van der Waals surface area contributed by atoms with Gasteiger partial charge in [-0.25, -0.2) is 0 Å². The highest BCUT2D eigenvalue weighted by atomic mass is 16.6. The topological polar surface area (TPSA) is 73.0 Å². The summed E-state index contributed by atoms with van der Waals surface area (Å²) in [7, 11) is 1.89. The molecule has 1 N–H and O–H groups in total. The maximum atomic E-state index is 11.1. The van der Waals surface area contributed by atoms with Gasteiger partial charge in [-0.05, 0) is 6.07 Å². The fourth-order valence-corrected chi connectivity index (χ4v) is 2.57. The van der Waals surface area contributed by atoms with E-state index in [1.807, 2.05) is 11.7 Å². The molecule has 6 heteroatoms. The van der Waals surface area contributed by atoms with Gasteiger partial charge in [0.05, 0.1) is 10.5 Å². The Morgan fingerprint density at radius 2 is 2.21 bits per heavy atom. The van der Waals surface area contributed by atoms with Gasteiger partial charge in [0.25, 0.3) is 5.69 Å². The van der Waals surface area contributed by atoms with Gasteiger partial charge >= 0.3 is 0 Å². The summed E-state index contributed by atoms with van der Waals surface area (Å²) in [5, 5.41) is 18.9. The average molecular weight is 258 g/mol. The fraction of sp³-hybridized carbons (Fsp3) is 0.308. The first kappa shape index (κ1) is 11.9. The molecule has 2 aromatic rings. The Balaban J connectivity index is 2.20. The maximum Gasteiger partial charge on any atom is 0.278 e. The van der Waals surface area contributed by atoms with Gasteiger partial charge in [0.1, 0.15) is 5.69 Å². The van der Waals surface area contributed by atoms with Crippen LogP contribution >= 0.6 is 0 Å². The number of nitro benzene ring substituents is 1. The molecule has 1 aromatic heterocycles. The number of fused-ring (bicyclic) bond motifs is 1. The van der Waals surface area contributed by atoms with Crippen LogP contribution in [-0.2, 0) is 20.0 Å². The Labute approximate surface area is 110 Å². The molecular formula is C13H14N4O2. The average Bonchev–Trinajstić information content (AvgIpc) is 2.77. The van der Waals surface area contributed by atoms with E-state index >= 15 is 0 Å². The van der Waals surface area contributed by atoms with E-state index in [1.54, 1.807) is 18.2 Å². The number of hydrogen-bond acceptors (Lipinski definition) is 4.